The molecule has 0 radical (unpaired) electrons. The lowest BCUT2D eigenvalue weighted by molar-refractivity contribution is -0.119. The molecule has 2 N–H and O–H groups in total. The van der Waals surface area contributed by atoms with Gasteiger partial charge >= 0.3 is 0 Å². The standard InChI is InChI=1S/C21H22N4O3/c1-14-20(15(2)25(24-14)18-10-5-4-6-11-18)23-21(27)16-8-7-9-17(12-16)22-19(26)13-28-3/h4-12H,13H2,1-3H3,(H,22,26)(H,23,27). The lowest BCUT2D eigenvalue weighted by atomic mass is 10.1. The highest BCUT2D eigenvalue weighted by Gasteiger charge is 2.16. The summed E-state index contributed by atoms with van der Waals surface area (Å²) >= 11 is 0. The number of nitrogens with one attached hydrogen (secondary N) is 2. The summed E-state index contributed by atoms with van der Waals surface area (Å²) < 4.78 is 6.60. The van der Waals surface area contributed by atoms with Crippen LogP contribution in [0.2, 0.25) is 0 Å². The van der Waals surface area contributed by atoms with Crippen molar-refractivity contribution in [1.82, 2.24) is 9.78 Å². The highest BCUT2D eigenvalue weighted by molar-refractivity contribution is 6.06. The number of carbonyl (C=O) groups is 2. The molecule has 7 nitrogen and oxygen atoms in total. The summed E-state index contributed by atoms with van der Waals surface area (Å²) in [5, 5.41) is 10.2. The Hall–Kier alpha value is -3.45. The Morgan fingerprint density at radius 2 is 1.79 bits per heavy atom. The molecule has 1 aromatic heterocycles. The lowest BCUT2D eigenvalue weighted by Gasteiger charge is -2.09. The summed E-state index contributed by atoms with van der Waals surface area (Å²) in [6, 6.07) is 16.5. The van der Waals surface area contributed by atoms with E-state index in [0.29, 0.717) is 16.9 Å². The Morgan fingerprint density at radius 3 is 2.50 bits per heavy atom. The highest BCUT2D eigenvalue weighted by Crippen LogP contribution is 2.23. The van der Waals surface area contributed by atoms with E-state index in [1.54, 1.807) is 28.9 Å². The number of aryl methyl sites for hydroxylation is 1. The minimum Gasteiger partial charge on any atom is -0.375 e. The number of methoxy groups -OCH3 is 1. The van der Waals surface area contributed by atoms with Crippen molar-refractivity contribution in [1.29, 1.82) is 0 Å². The molecule has 0 saturated carbocycles. The zero-order chi connectivity index (χ0) is 20.1. The molecule has 1 heterocycles. The fraction of sp³-hybridized carbons (Fsp3) is 0.190. The molecule has 144 valence electrons. The average molecular weight is 378 g/mol. The molecular weight excluding hydrogens is 356 g/mol. The Labute approximate surface area is 163 Å². The van der Waals surface area contributed by atoms with Crippen LogP contribution in [0.4, 0.5) is 11.4 Å². The molecule has 0 aliphatic rings. The average Bonchev–Trinajstić information content (AvgIpc) is 2.97. The first-order chi connectivity index (χ1) is 13.5. The van der Waals surface area contributed by atoms with Gasteiger partial charge in [-0.2, -0.15) is 5.10 Å². The second-order valence-electron chi connectivity index (χ2n) is 6.31. The van der Waals surface area contributed by atoms with E-state index in [2.05, 4.69) is 15.7 Å². The summed E-state index contributed by atoms with van der Waals surface area (Å²) in [5.74, 6) is -0.558. The Bertz CT molecular complexity index is 996. The molecule has 2 aromatic carbocycles. The summed E-state index contributed by atoms with van der Waals surface area (Å²) in [5.41, 5.74) is 4.11. The maximum Gasteiger partial charge on any atom is 0.255 e. The second-order valence-corrected chi connectivity index (χ2v) is 6.31. The van der Waals surface area contributed by atoms with E-state index in [1.165, 1.54) is 7.11 Å². The van der Waals surface area contributed by atoms with Gasteiger partial charge in [-0.05, 0) is 44.2 Å². The van der Waals surface area contributed by atoms with Gasteiger partial charge in [-0.25, -0.2) is 4.68 Å². The van der Waals surface area contributed by atoms with Crippen molar-refractivity contribution >= 4 is 23.2 Å². The molecule has 2 amide bonds. The second kappa shape index (κ2) is 8.49. The van der Waals surface area contributed by atoms with E-state index < -0.39 is 0 Å². The molecule has 0 aliphatic heterocycles. The molecule has 7 heteroatoms. The minimum absolute atomic E-state index is 0.0481. The van der Waals surface area contributed by atoms with Crippen LogP contribution in [0.15, 0.2) is 54.6 Å². The van der Waals surface area contributed by atoms with Crippen molar-refractivity contribution < 1.29 is 14.3 Å². The smallest absolute Gasteiger partial charge is 0.255 e. The van der Waals surface area contributed by atoms with E-state index in [9.17, 15) is 9.59 Å². The van der Waals surface area contributed by atoms with Gasteiger partial charge in [0, 0.05) is 18.4 Å². The predicted molar refractivity (Wildman–Crippen MR) is 108 cm³/mol. The first kappa shape index (κ1) is 19.3. The van der Waals surface area contributed by atoms with Gasteiger partial charge in [-0.15, -0.1) is 0 Å². The van der Waals surface area contributed by atoms with Crippen LogP contribution in [0.25, 0.3) is 5.69 Å². The number of anilines is 2. The molecule has 0 bridgehead atoms. The number of rotatable bonds is 6. The van der Waals surface area contributed by atoms with Crippen LogP contribution in [-0.2, 0) is 9.53 Å². The van der Waals surface area contributed by atoms with Gasteiger partial charge in [0.2, 0.25) is 5.91 Å². The quantitative estimate of drug-likeness (QED) is 0.689. The third-order valence-corrected chi connectivity index (χ3v) is 4.21. The van der Waals surface area contributed by atoms with E-state index in [4.69, 9.17) is 4.74 Å². The Morgan fingerprint density at radius 1 is 1.04 bits per heavy atom. The van der Waals surface area contributed by atoms with Gasteiger partial charge in [0.05, 0.1) is 22.8 Å². The maximum absolute atomic E-state index is 12.7. The van der Waals surface area contributed by atoms with E-state index >= 15 is 0 Å². The predicted octanol–water partition coefficient (Wildman–Crippen LogP) is 3.33. The normalized spacial score (nSPS) is 10.5. The first-order valence-corrected chi connectivity index (χ1v) is 8.81. The van der Waals surface area contributed by atoms with Crippen molar-refractivity contribution in [3.8, 4) is 5.69 Å². The summed E-state index contributed by atoms with van der Waals surface area (Å²) in [4.78, 5) is 24.4. The molecule has 0 atom stereocenters. The van der Waals surface area contributed by atoms with Gasteiger partial charge in [-0.1, -0.05) is 24.3 Å². The van der Waals surface area contributed by atoms with Gasteiger partial charge in [0.1, 0.15) is 6.61 Å². The molecular formula is C21H22N4O3. The zero-order valence-corrected chi connectivity index (χ0v) is 16.0. The molecule has 0 fully saturated rings. The molecule has 0 saturated heterocycles. The summed E-state index contributed by atoms with van der Waals surface area (Å²) in [6.07, 6.45) is 0. The van der Waals surface area contributed by atoms with Crippen LogP contribution in [-0.4, -0.2) is 35.3 Å². The van der Waals surface area contributed by atoms with Crippen molar-refractivity contribution in [3.05, 3.63) is 71.5 Å². The number of nitrogens with zero attached hydrogens (tertiary/aromatic N) is 2. The van der Waals surface area contributed by atoms with Crippen LogP contribution in [0, 0.1) is 13.8 Å². The Kier molecular flexibility index (Phi) is 5.86. The topological polar surface area (TPSA) is 85.2 Å². The van der Waals surface area contributed by atoms with Crippen LogP contribution >= 0.6 is 0 Å². The maximum atomic E-state index is 12.7. The fourth-order valence-electron chi connectivity index (χ4n) is 2.90. The van der Waals surface area contributed by atoms with Crippen LogP contribution in [0.1, 0.15) is 21.7 Å². The molecule has 3 rings (SSSR count). The van der Waals surface area contributed by atoms with Gasteiger partial charge < -0.3 is 15.4 Å². The van der Waals surface area contributed by atoms with E-state index in [-0.39, 0.29) is 18.4 Å². The highest BCUT2D eigenvalue weighted by atomic mass is 16.5. The number of aromatic nitrogens is 2. The van der Waals surface area contributed by atoms with E-state index in [0.717, 1.165) is 17.1 Å². The number of amides is 2. The van der Waals surface area contributed by atoms with Gasteiger partial charge in [0.15, 0.2) is 0 Å². The SMILES string of the molecule is COCC(=O)Nc1cccc(C(=O)Nc2c(C)nn(-c3ccccc3)c2C)c1. The van der Waals surface area contributed by atoms with Crippen LogP contribution in [0.5, 0.6) is 0 Å². The third kappa shape index (κ3) is 4.27. The van der Waals surface area contributed by atoms with Gasteiger partial charge in [-0.3, -0.25) is 9.59 Å². The molecule has 0 aliphatic carbocycles. The number of hydrogen-bond acceptors (Lipinski definition) is 4. The number of para-hydroxylation sites is 1. The van der Waals surface area contributed by atoms with Gasteiger partial charge in [0.25, 0.3) is 5.91 Å². The molecule has 0 spiro atoms. The third-order valence-electron chi connectivity index (χ3n) is 4.21. The van der Waals surface area contributed by atoms with Crippen LogP contribution in [0.3, 0.4) is 0 Å². The van der Waals surface area contributed by atoms with E-state index in [1.807, 2.05) is 44.2 Å². The molecule has 28 heavy (non-hydrogen) atoms. The fourth-order valence-corrected chi connectivity index (χ4v) is 2.90. The number of hydrogen-bond donors (Lipinski definition) is 2. The first-order valence-electron chi connectivity index (χ1n) is 8.81. The lowest BCUT2D eigenvalue weighted by Crippen LogP contribution is -2.18. The minimum atomic E-state index is -0.282. The Balaban J connectivity index is 1.80. The molecule has 3 aromatic rings. The van der Waals surface area contributed by atoms with Crippen molar-refractivity contribution in [2.75, 3.05) is 24.4 Å². The molecule has 0 unspecified atom stereocenters. The monoisotopic (exact) mass is 378 g/mol. The van der Waals surface area contributed by atoms with Crippen molar-refractivity contribution in [3.63, 3.8) is 0 Å². The number of ether oxygens (including phenoxy) is 1. The number of benzene rings is 2. The summed E-state index contributed by atoms with van der Waals surface area (Å²) in [7, 11) is 1.45. The largest absolute Gasteiger partial charge is 0.375 e. The van der Waals surface area contributed by atoms with Crippen LogP contribution < -0.4 is 10.6 Å². The summed E-state index contributed by atoms with van der Waals surface area (Å²) in [6.45, 7) is 3.71. The zero-order valence-electron chi connectivity index (χ0n) is 16.0. The van der Waals surface area contributed by atoms with Crippen molar-refractivity contribution in [2.24, 2.45) is 0 Å². The number of carbonyl (C=O) groups excluding carboxylic acids is 2. The van der Waals surface area contributed by atoms with Crippen molar-refractivity contribution in [2.45, 2.75) is 13.8 Å².